The van der Waals surface area contributed by atoms with E-state index in [9.17, 15) is 4.79 Å². The minimum atomic E-state index is 0.218. The molecule has 0 amide bonds. The lowest BCUT2D eigenvalue weighted by molar-refractivity contribution is -0.109. The number of rotatable bonds is 1. The zero-order valence-corrected chi connectivity index (χ0v) is 6.36. The molecule has 0 bridgehead atoms. The standard InChI is InChI=1S/C8H8OS/c9-5-7-2-1-6-3-4-10-8(6)7/h3-5,7H,1-2H2. The predicted molar refractivity (Wildman–Crippen MR) is 41.4 cm³/mol. The van der Waals surface area contributed by atoms with Gasteiger partial charge in [0.05, 0.1) is 0 Å². The summed E-state index contributed by atoms with van der Waals surface area (Å²) in [4.78, 5) is 11.8. The van der Waals surface area contributed by atoms with Gasteiger partial charge in [-0.15, -0.1) is 11.3 Å². The fourth-order valence-corrected chi connectivity index (χ4v) is 2.50. The van der Waals surface area contributed by atoms with Gasteiger partial charge in [-0.25, -0.2) is 0 Å². The molecular weight excluding hydrogens is 144 g/mol. The molecule has 1 atom stereocenters. The van der Waals surface area contributed by atoms with Gasteiger partial charge in [-0.2, -0.15) is 0 Å². The number of carbonyl (C=O) groups is 1. The maximum absolute atomic E-state index is 10.5. The van der Waals surface area contributed by atoms with Crippen molar-refractivity contribution >= 4 is 17.6 Å². The van der Waals surface area contributed by atoms with Crippen LogP contribution in [0.3, 0.4) is 0 Å². The van der Waals surface area contributed by atoms with Gasteiger partial charge in [0.1, 0.15) is 6.29 Å². The molecule has 10 heavy (non-hydrogen) atoms. The molecule has 0 N–H and O–H groups in total. The van der Waals surface area contributed by atoms with Gasteiger partial charge in [-0.1, -0.05) is 0 Å². The second kappa shape index (κ2) is 2.20. The number of hydrogen-bond donors (Lipinski definition) is 0. The van der Waals surface area contributed by atoms with Crippen LogP contribution in [0.1, 0.15) is 22.8 Å². The third-order valence-electron chi connectivity index (χ3n) is 2.01. The molecular formula is C8H8OS. The highest BCUT2D eigenvalue weighted by Crippen LogP contribution is 2.35. The molecule has 0 aromatic carbocycles. The van der Waals surface area contributed by atoms with Crippen molar-refractivity contribution < 1.29 is 4.79 Å². The van der Waals surface area contributed by atoms with Crippen LogP contribution in [0.5, 0.6) is 0 Å². The Hall–Kier alpha value is -0.630. The Kier molecular flexibility index (Phi) is 1.34. The number of fused-ring (bicyclic) bond motifs is 1. The topological polar surface area (TPSA) is 17.1 Å². The van der Waals surface area contributed by atoms with Gasteiger partial charge in [0, 0.05) is 10.8 Å². The zero-order valence-electron chi connectivity index (χ0n) is 5.54. The van der Waals surface area contributed by atoms with E-state index in [2.05, 4.69) is 11.4 Å². The van der Waals surface area contributed by atoms with Crippen molar-refractivity contribution in [1.29, 1.82) is 0 Å². The molecule has 1 aromatic rings. The number of carbonyl (C=O) groups excluding carboxylic acids is 1. The normalized spacial score (nSPS) is 22.6. The largest absolute Gasteiger partial charge is 0.303 e. The molecule has 0 spiro atoms. The van der Waals surface area contributed by atoms with Crippen LogP contribution in [-0.2, 0) is 11.2 Å². The minimum Gasteiger partial charge on any atom is -0.303 e. The van der Waals surface area contributed by atoms with Gasteiger partial charge in [0.15, 0.2) is 0 Å². The Morgan fingerprint density at radius 3 is 3.40 bits per heavy atom. The monoisotopic (exact) mass is 152 g/mol. The maximum atomic E-state index is 10.5. The summed E-state index contributed by atoms with van der Waals surface area (Å²) in [6.07, 6.45) is 3.20. The summed E-state index contributed by atoms with van der Waals surface area (Å²) in [6, 6.07) is 2.13. The van der Waals surface area contributed by atoms with Crippen molar-refractivity contribution in [2.75, 3.05) is 0 Å². The van der Waals surface area contributed by atoms with Crippen LogP contribution in [0.15, 0.2) is 11.4 Å². The van der Waals surface area contributed by atoms with Crippen LogP contribution in [0.2, 0.25) is 0 Å². The fourth-order valence-electron chi connectivity index (χ4n) is 1.45. The smallest absolute Gasteiger partial charge is 0.128 e. The average Bonchev–Trinajstić information content (AvgIpc) is 2.44. The Labute approximate surface area is 63.7 Å². The minimum absolute atomic E-state index is 0.218. The van der Waals surface area contributed by atoms with Crippen molar-refractivity contribution in [2.24, 2.45) is 0 Å². The van der Waals surface area contributed by atoms with Crippen molar-refractivity contribution in [3.8, 4) is 0 Å². The maximum Gasteiger partial charge on any atom is 0.128 e. The molecule has 52 valence electrons. The lowest BCUT2D eigenvalue weighted by Gasteiger charge is -1.94. The summed E-state index contributed by atoms with van der Waals surface area (Å²) in [5, 5.41) is 2.07. The Morgan fingerprint density at radius 2 is 2.60 bits per heavy atom. The van der Waals surface area contributed by atoms with Crippen LogP contribution in [0.4, 0.5) is 0 Å². The van der Waals surface area contributed by atoms with E-state index in [0.29, 0.717) is 0 Å². The van der Waals surface area contributed by atoms with Gasteiger partial charge in [-0.05, 0) is 29.9 Å². The molecule has 2 rings (SSSR count). The Balaban J connectivity index is 2.43. The molecule has 0 saturated heterocycles. The van der Waals surface area contributed by atoms with Gasteiger partial charge < -0.3 is 4.79 Å². The SMILES string of the molecule is O=CC1CCc2ccsc21. The first-order chi connectivity index (χ1) is 4.92. The summed E-state index contributed by atoms with van der Waals surface area (Å²) in [6.45, 7) is 0. The van der Waals surface area contributed by atoms with E-state index in [1.165, 1.54) is 10.4 Å². The van der Waals surface area contributed by atoms with Crippen LogP contribution in [-0.4, -0.2) is 6.29 Å². The zero-order chi connectivity index (χ0) is 6.97. The molecule has 1 aliphatic rings. The molecule has 0 fully saturated rings. The Bertz CT molecular complexity index is 252. The quantitative estimate of drug-likeness (QED) is 0.562. The molecule has 1 nitrogen and oxygen atoms in total. The molecule has 1 aromatic heterocycles. The predicted octanol–water partition coefficient (Wildman–Crippen LogP) is 1.98. The van der Waals surface area contributed by atoms with E-state index in [1.807, 2.05) is 0 Å². The van der Waals surface area contributed by atoms with Crippen LogP contribution < -0.4 is 0 Å². The van der Waals surface area contributed by atoms with Gasteiger partial charge in [0.25, 0.3) is 0 Å². The first kappa shape index (κ1) is 6.10. The number of aldehydes is 1. The van der Waals surface area contributed by atoms with Gasteiger partial charge >= 0.3 is 0 Å². The van der Waals surface area contributed by atoms with Gasteiger partial charge in [-0.3, -0.25) is 0 Å². The van der Waals surface area contributed by atoms with E-state index in [-0.39, 0.29) is 5.92 Å². The highest BCUT2D eigenvalue weighted by Gasteiger charge is 2.22. The number of thiophene rings is 1. The van der Waals surface area contributed by atoms with Crippen molar-refractivity contribution in [1.82, 2.24) is 0 Å². The number of aryl methyl sites for hydroxylation is 1. The summed E-state index contributed by atoms with van der Waals surface area (Å²) < 4.78 is 0. The first-order valence-electron chi connectivity index (χ1n) is 3.43. The summed E-state index contributed by atoms with van der Waals surface area (Å²) in [7, 11) is 0. The summed E-state index contributed by atoms with van der Waals surface area (Å²) in [5.41, 5.74) is 1.39. The van der Waals surface area contributed by atoms with E-state index in [0.717, 1.165) is 19.1 Å². The van der Waals surface area contributed by atoms with Crippen LogP contribution in [0.25, 0.3) is 0 Å². The Morgan fingerprint density at radius 1 is 1.70 bits per heavy atom. The van der Waals surface area contributed by atoms with E-state index >= 15 is 0 Å². The first-order valence-corrected chi connectivity index (χ1v) is 4.31. The lowest BCUT2D eigenvalue weighted by atomic mass is 10.1. The second-order valence-corrected chi connectivity index (χ2v) is 3.54. The summed E-state index contributed by atoms with van der Waals surface area (Å²) in [5.74, 6) is 0.218. The highest BCUT2D eigenvalue weighted by atomic mass is 32.1. The van der Waals surface area contributed by atoms with E-state index in [1.54, 1.807) is 11.3 Å². The summed E-state index contributed by atoms with van der Waals surface area (Å²) >= 11 is 1.71. The molecule has 0 aliphatic heterocycles. The van der Waals surface area contributed by atoms with Crippen molar-refractivity contribution in [3.05, 3.63) is 21.9 Å². The molecule has 1 unspecified atom stereocenters. The average molecular weight is 152 g/mol. The van der Waals surface area contributed by atoms with Crippen molar-refractivity contribution in [2.45, 2.75) is 18.8 Å². The van der Waals surface area contributed by atoms with E-state index in [4.69, 9.17) is 0 Å². The fraction of sp³-hybridized carbons (Fsp3) is 0.375. The van der Waals surface area contributed by atoms with Crippen molar-refractivity contribution in [3.63, 3.8) is 0 Å². The third-order valence-corrected chi connectivity index (χ3v) is 3.10. The number of hydrogen-bond acceptors (Lipinski definition) is 2. The third kappa shape index (κ3) is 0.721. The highest BCUT2D eigenvalue weighted by molar-refractivity contribution is 7.10. The van der Waals surface area contributed by atoms with Gasteiger partial charge in [0.2, 0.25) is 0 Å². The molecule has 0 saturated carbocycles. The second-order valence-electron chi connectivity index (χ2n) is 2.59. The van der Waals surface area contributed by atoms with Crippen LogP contribution in [0, 0.1) is 0 Å². The lowest BCUT2D eigenvalue weighted by Crippen LogP contribution is -1.89. The van der Waals surface area contributed by atoms with E-state index < -0.39 is 0 Å². The molecule has 1 aliphatic carbocycles. The van der Waals surface area contributed by atoms with Crippen LogP contribution >= 0.6 is 11.3 Å². The molecule has 1 heterocycles. The molecule has 0 radical (unpaired) electrons. The molecule has 2 heteroatoms.